The first-order valence-corrected chi connectivity index (χ1v) is 12.2. The molecule has 5 nitrogen and oxygen atoms in total. The summed E-state index contributed by atoms with van der Waals surface area (Å²) in [6.45, 7) is 4.78. The number of phosphoric ester groups is 1. The monoisotopic (exact) mass is 405 g/mol. The Labute approximate surface area is 168 Å². The topological polar surface area (TPSA) is 58.6 Å². The van der Waals surface area contributed by atoms with Crippen LogP contribution in [-0.2, 0) is 13.6 Å². The number of allylic oxidation sites excluding steroid dienone is 1. The summed E-state index contributed by atoms with van der Waals surface area (Å²) >= 11 is 0. The van der Waals surface area contributed by atoms with Crippen LogP contribution in [-0.4, -0.2) is 45.4 Å². The molecule has 27 heavy (non-hydrogen) atoms. The molecule has 1 atom stereocenters. The molecule has 0 bridgehead atoms. The molecule has 0 spiro atoms. The fraction of sp³-hybridized carbons (Fsp3) is 0.905. The zero-order valence-corrected chi connectivity index (χ0v) is 19.0. The van der Waals surface area contributed by atoms with E-state index in [-0.39, 0.29) is 13.2 Å². The van der Waals surface area contributed by atoms with Crippen molar-refractivity contribution in [1.82, 2.24) is 0 Å². The Morgan fingerprint density at radius 2 is 1.19 bits per heavy atom. The number of nitrogens with zero attached hydrogens (tertiary/aromatic N) is 1. The van der Waals surface area contributed by atoms with Crippen molar-refractivity contribution < 1.29 is 23.0 Å². The molecule has 1 unspecified atom stereocenters. The van der Waals surface area contributed by atoms with Gasteiger partial charge in [0.25, 0.3) is 7.82 Å². The molecule has 0 aliphatic carbocycles. The van der Waals surface area contributed by atoms with E-state index in [4.69, 9.17) is 9.05 Å². The number of unbranched alkanes of at least 4 members (excludes halogenated alkanes) is 12. The highest BCUT2D eigenvalue weighted by Gasteiger charge is 2.12. The highest BCUT2D eigenvalue weighted by atomic mass is 31.2. The van der Waals surface area contributed by atoms with Crippen LogP contribution in [0.5, 0.6) is 0 Å². The first-order valence-electron chi connectivity index (χ1n) is 10.8. The highest BCUT2D eigenvalue weighted by Crippen LogP contribution is 2.38. The van der Waals surface area contributed by atoms with Crippen molar-refractivity contribution in [1.29, 1.82) is 0 Å². The van der Waals surface area contributed by atoms with E-state index in [1.165, 1.54) is 57.8 Å². The summed E-state index contributed by atoms with van der Waals surface area (Å²) in [5, 5.41) is 0. The summed E-state index contributed by atoms with van der Waals surface area (Å²) in [7, 11) is 1.85. The van der Waals surface area contributed by atoms with Crippen molar-refractivity contribution in [3.63, 3.8) is 0 Å². The molecule has 0 aromatic rings. The molecular weight excluding hydrogens is 361 g/mol. The van der Waals surface area contributed by atoms with Gasteiger partial charge in [-0.1, -0.05) is 70.3 Å². The fourth-order valence-electron chi connectivity index (χ4n) is 2.80. The van der Waals surface area contributed by atoms with Crippen LogP contribution in [0.3, 0.4) is 0 Å². The van der Waals surface area contributed by atoms with E-state index < -0.39 is 7.82 Å². The molecule has 0 aliphatic heterocycles. The van der Waals surface area contributed by atoms with Gasteiger partial charge in [0.1, 0.15) is 13.2 Å². The lowest BCUT2D eigenvalue weighted by Crippen LogP contribution is -2.37. The lowest BCUT2D eigenvalue weighted by molar-refractivity contribution is -0.870. The summed E-state index contributed by atoms with van der Waals surface area (Å²) in [5.41, 5.74) is 0. The lowest BCUT2D eigenvalue weighted by atomic mass is 10.0. The number of quaternary nitrogens is 1. The van der Waals surface area contributed by atoms with Gasteiger partial charge in [-0.3, -0.25) is 4.57 Å². The number of hydrogen-bond acceptors (Lipinski definition) is 4. The van der Waals surface area contributed by atoms with Crippen molar-refractivity contribution in [2.24, 2.45) is 0 Å². The maximum absolute atomic E-state index is 11.6. The van der Waals surface area contributed by atoms with Crippen LogP contribution in [0, 0.1) is 0 Å². The van der Waals surface area contributed by atoms with Crippen LogP contribution in [0.4, 0.5) is 0 Å². The molecule has 0 heterocycles. The van der Waals surface area contributed by atoms with Gasteiger partial charge < -0.3 is 18.4 Å². The van der Waals surface area contributed by atoms with Crippen molar-refractivity contribution in [2.75, 3.05) is 40.9 Å². The minimum absolute atomic E-state index is 0.166. The second-order valence-corrected chi connectivity index (χ2v) is 9.86. The van der Waals surface area contributed by atoms with Crippen molar-refractivity contribution >= 4 is 7.82 Å². The predicted molar refractivity (Wildman–Crippen MR) is 113 cm³/mol. The molecule has 0 amide bonds. The van der Waals surface area contributed by atoms with E-state index in [1.54, 1.807) is 0 Å². The van der Waals surface area contributed by atoms with Gasteiger partial charge >= 0.3 is 0 Å². The first-order chi connectivity index (χ1) is 12.8. The molecule has 0 saturated carbocycles. The summed E-state index contributed by atoms with van der Waals surface area (Å²) < 4.78 is 22.1. The van der Waals surface area contributed by atoms with E-state index in [0.29, 0.717) is 11.0 Å². The third-order valence-electron chi connectivity index (χ3n) is 4.56. The number of rotatable bonds is 20. The van der Waals surface area contributed by atoms with Gasteiger partial charge in [0.2, 0.25) is 0 Å². The molecule has 162 valence electrons. The molecule has 6 heteroatoms. The quantitative estimate of drug-likeness (QED) is 0.117. The molecule has 0 aromatic carbocycles. The zero-order chi connectivity index (χ0) is 20.4. The smallest absolute Gasteiger partial charge is 0.268 e. The van der Waals surface area contributed by atoms with Gasteiger partial charge in [-0.15, -0.1) is 6.58 Å². The van der Waals surface area contributed by atoms with E-state index in [9.17, 15) is 9.46 Å². The van der Waals surface area contributed by atoms with Crippen LogP contribution < -0.4 is 4.89 Å². The molecule has 0 fully saturated rings. The Bertz CT molecular complexity index is 396. The van der Waals surface area contributed by atoms with E-state index in [0.717, 1.165) is 25.7 Å². The van der Waals surface area contributed by atoms with Crippen molar-refractivity contribution in [2.45, 2.75) is 83.5 Å². The highest BCUT2D eigenvalue weighted by molar-refractivity contribution is 7.45. The Morgan fingerprint density at radius 3 is 1.63 bits per heavy atom. The van der Waals surface area contributed by atoms with Crippen molar-refractivity contribution in [3.05, 3.63) is 12.7 Å². The van der Waals surface area contributed by atoms with Crippen LogP contribution in [0.25, 0.3) is 0 Å². The SMILES string of the molecule is C=CCCCCCCCCCCCCCCOP(=O)([O-])OCC[N+](C)(C)C. The lowest BCUT2D eigenvalue weighted by Gasteiger charge is -2.27. The second kappa shape index (κ2) is 16.7. The maximum atomic E-state index is 11.6. The molecule has 0 N–H and O–H groups in total. The summed E-state index contributed by atoms with van der Waals surface area (Å²) in [6, 6.07) is 0. The minimum Gasteiger partial charge on any atom is -0.756 e. The Balaban J connectivity index is 3.32. The average Bonchev–Trinajstić information content (AvgIpc) is 2.57. The Kier molecular flexibility index (Phi) is 16.6. The second-order valence-electron chi connectivity index (χ2n) is 8.45. The van der Waals surface area contributed by atoms with Gasteiger partial charge in [0.15, 0.2) is 0 Å². The van der Waals surface area contributed by atoms with Gasteiger partial charge in [-0.25, -0.2) is 0 Å². The largest absolute Gasteiger partial charge is 0.756 e. The van der Waals surface area contributed by atoms with Gasteiger partial charge in [0.05, 0.1) is 27.7 Å². The van der Waals surface area contributed by atoms with Gasteiger partial charge in [-0.2, -0.15) is 0 Å². The fourth-order valence-corrected chi connectivity index (χ4v) is 3.53. The summed E-state index contributed by atoms with van der Waals surface area (Å²) in [4.78, 5) is 11.6. The van der Waals surface area contributed by atoms with E-state index in [1.807, 2.05) is 27.2 Å². The molecule has 0 rings (SSSR count). The third kappa shape index (κ3) is 22.0. The Morgan fingerprint density at radius 1 is 0.778 bits per heavy atom. The van der Waals surface area contributed by atoms with E-state index in [2.05, 4.69) is 6.58 Å². The van der Waals surface area contributed by atoms with Crippen LogP contribution >= 0.6 is 7.82 Å². The van der Waals surface area contributed by atoms with Gasteiger partial charge in [-0.05, 0) is 19.3 Å². The molecular formula is C21H44NO4P. The third-order valence-corrected chi connectivity index (χ3v) is 5.56. The first kappa shape index (κ1) is 26.8. The average molecular weight is 406 g/mol. The maximum Gasteiger partial charge on any atom is 0.268 e. The molecule has 0 aromatic heterocycles. The molecule has 0 radical (unpaired) electrons. The van der Waals surface area contributed by atoms with Crippen molar-refractivity contribution in [3.8, 4) is 0 Å². The van der Waals surface area contributed by atoms with Crippen LogP contribution in [0.15, 0.2) is 12.7 Å². The van der Waals surface area contributed by atoms with E-state index >= 15 is 0 Å². The van der Waals surface area contributed by atoms with Crippen LogP contribution in [0.1, 0.15) is 83.5 Å². The summed E-state index contributed by atoms with van der Waals surface area (Å²) in [5.74, 6) is 0. The summed E-state index contributed by atoms with van der Waals surface area (Å²) in [6.07, 6.45) is 18.0. The standard InChI is InChI=1S/C21H44NO4P/c1-5-6-7-8-9-10-11-12-13-14-15-16-17-18-20-25-27(23,24)26-21-19-22(2,3)4/h5H,1,6-21H2,2-4H3. The Hall–Kier alpha value is -0.190. The number of likely N-dealkylation sites (N-methyl/N-ethyl adjacent to an activating group) is 1. The number of phosphoric acid groups is 1. The molecule has 0 saturated heterocycles. The molecule has 0 aliphatic rings. The van der Waals surface area contributed by atoms with Gasteiger partial charge in [0, 0.05) is 0 Å². The van der Waals surface area contributed by atoms with Crippen LogP contribution in [0.2, 0.25) is 0 Å². The predicted octanol–water partition coefficient (Wildman–Crippen LogP) is 5.45. The number of hydrogen-bond donors (Lipinski definition) is 0. The normalized spacial score (nSPS) is 14.2. The minimum atomic E-state index is -4.13. The zero-order valence-electron chi connectivity index (χ0n) is 18.1.